The van der Waals surface area contributed by atoms with Crippen LogP contribution in [0.3, 0.4) is 0 Å². The number of aliphatic hydroxyl groups excluding tert-OH is 1. The van der Waals surface area contributed by atoms with E-state index in [1.54, 1.807) is 6.07 Å². The van der Waals surface area contributed by atoms with Gasteiger partial charge in [0, 0.05) is 35.8 Å². The summed E-state index contributed by atoms with van der Waals surface area (Å²) in [5.41, 5.74) is 0.683. The van der Waals surface area contributed by atoms with Gasteiger partial charge in [0.15, 0.2) is 0 Å². The molecule has 0 aliphatic carbocycles. The van der Waals surface area contributed by atoms with Gasteiger partial charge in [0.25, 0.3) is 0 Å². The smallest absolute Gasteiger partial charge is 0.338 e. The highest BCUT2D eigenvalue weighted by Crippen LogP contribution is 2.33. The number of benzene rings is 1. The van der Waals surface area contributed by atoms with E-state index in [2.05, 4.69) is 10.6 Å². The zero-order valence-electron chi connectivity index (χ0n) is 17.8. The topological polar surface area (TPSA) is 117 Å². The maximum absolute atomic E-state index is 12.7. The van der Waals surface area contributed by atoms with Crippen molar-refractivity contribution in [3.05, 3.63) is 23.3 Å². The fourth-order valence-electron chi connectivity index (χ4n) is 3.07. The van der Waals surface area contributed by atoms with Gasteiger partial charge in [0.1, 0.15) is 17.5 Å². The summed E-state index contributed by atoms with van der Waals surface area (Å²) >= 11 is 6.82. The van der Waals surface area contributed by atoms with Gasteiger partial charge < -0.3 is 30.3 Å². The van der Waals surface area contributed by atoms with Gasteiger partial charge in [0.2, 0.25) is 5.91 Å². The van der Waals surface area contributed by atoms with Crippen molar-refractivity contribution < 1.29 is 29.3 Å². The third-order valence-electron chi connectivity index (χ3n) is 4.88. The first kappa shape index (κ1) is 25.2. The van der Waals surface area contributed by atoms with E-state index in [9.17, 15) is 14.7 Å². The van der Waals surface area contributed by atoms with Crippen molar-refractivity contribution >= 4 is 40.8 Å². The molecule has 172 valence electrons. The number of fused-ring (bicyclic) bond motifs is 1. The summed E-state index contributed by atoms with van der Waals surface area (Å²) in [4.78, 5) is 26.0. The number of nitrogens with one attached hydrogen (secondary N) is 2. The summed E-state index contributed by atoms with van der Waals surface area (Å²) in [6.07, 6.45) is 2.37. The van der Waals surface area contributed by atoms with Gasteiger partial charge >= 0.3 is 5.97 Å². The van der Waals surface area contributed by atoms with E-state index >= 15 is 0 Å². The van der Waals surface area contributed by atoms with Crippen LogP contribution in [-0.4, -0.2) is 65.2 Å². The Hall–Kier alpha value is -2.04. The number of carbonyl (C=O) groups is 2. The van der Waals surface area contributed by atoms with Crippen molar-refractivity contribution in [3.8, 4) is 11.5 Å². The zero-order chi connectivity index (χ0) is 22.8. The molecule has 1 unspecified atom stereocenters. The predicted molar refractivity (Wildman–Crippen MR) is 124 cm³/mol. The number of aromatic hydroxyl groups is 1. The number of rotatable bonds is 5. The number of methoxy groups -OCH3 is 1. The quantitative estimate of drug-likeness (QED) is 0.292. The molecule has 1 heterocycles. The number of ether oxygens (including phenoxy) is 2. The van der Waals surface area contributed by atoms with Gasteiger partial charge in [-0.1, -0.05) is 19.1 Å². The summed E-state index contributed by atoms with van der Waals surface area (Å²) in [6, 6.07) is 2.42. The zero-order valence-corrected chi connectivity index (χ0v) is 19.4. The molecule has 0 bridgehead atoms. The molecule has 0 radical (unpaired) electrons. The molecular weight excluding hydrogens is 440 g/mol. The van der Waals surface area contributed by atoms with Crippen LogP contribution in [0, 0.1) is 0 Å². The Kier molecular flexibility index (Phi) is 10.4. The minimum Gasteiger partial charge on any atom is -0.507 e. The minimum atomic E-state index is -0.588. The third-order valence-corrected chi connectivity index (χ3v) is 6.46. The lowest BCUT2D eigenvalue weighted by molar-refractivity contribution is -0.122. The molecule has 8 nitrogen and oxygen atoms in total. The van der Waals surface area contributed by atoms with Crippen LogP contribution in [0.4, 0.5) is 0 Å². The van der Waals surface area contributed by atoms with E-state index in [1.165, 1.54) is 24.9 Å². The average molecular weight is 471 g/mol. The molecule has 4 N–H and O–H groups in total. The van der Waals surface area contributed by atoms with Gasteiger partial charge in [-0.15, -0.1) is 0 Å². The van der Waals surface area contributed by atoms with E-state index in [4.69, 9.17) is 26.8 Å². The fraction of sp³-hybridized carbons (Fsp3) is 0.571. The number of hydrogen-bond acceptors (Lipinski definition) is 8. The molecule has 31 heavy (non-hydrogen) atoms. The van der Waals surface area contributed by atoms with Gasteiger partial charge in [-0.25, -0.2) is 4.79 Å². The molecule has 0 saturated carbocycles. The van der Waals surface area contributed by atoms with Gasteiger partial charge in [0.05, 0.1) is 24.3 Å². The summed E-state index contributed by atoms with van der Waals surface area (Å²) < 4.78 is 10.6. The largest absolute Gasteiger partial charge is 0.507 e. The molecule has 1 amide bonds. The Balaban J connectivity index is 2.29. The highest BCUT2D eigenvalue weighted by atomic mass is 32.2. The van der Waals surface area contributed by atoms with Gasteiger partial charge in [-0.05, 0) is 31.7 Å². The van der Waals surface area contributed by atoms with Gasteiger partial charge in [-0.3, -0.25) is 4.79 Å². The van der Waals surface area contributed by atoms with Crippen LogP contribution in [0.5, 0.6) is 11.5 Å². The van der Waals surface area contributed by atoms with Crippen molar-refractivity contribution in [1.29, 1.82) is 0 Å². The van der Waals surface area contributed by atoms with E-state index in [0.717, 1.165) is 0 Å². The number of carbonyl (C=O) groups excluding carboxylic acids is 2. The van der Waals surface area contributed by atoms with Crippen LogP contribution in [-0.2, 0) is 15.3 Å². The Morgan fingerprint density at radius 2 is 2.19 bits per heavy atom. The van der Waals surface area contributed by atoms with E-state index < -0.39 is 12.0 Å². The van der Waals surface area contributed by atoms with Crippen LogP contribution in [0.25, 0.3) is 0 Å². The van der Waals surface area contributed by atoms with Gasteiger partial charge in [-0.2, -0.15) is 11.8 Å². The fourth-order valence-corrected chi connectivity index (χ4v) is 4.45. The Bertz CT molecular complexity index is 789. The molecule has 0 fully saturated rings. The maximum atomic E-state index is 12.7. The second kappa shape index (κ2) is 12.7. The third kappa shape index (κ3) is 7.55. The number of thioether (sulfide) groups is 1. The van der Waals surface area contributed by atoms with Crippen molar-refractivity contribution in [1.82, 2.24) is 10.6 Å². The second-order valence-electron chi connectivity index (χ2n) is 7.20. The molecule has 0 saturated heterocycles. The Morgan fingerprint density at radius 3 is 2.90 bits per heavy atom. The first-order valence-corrected chi connectivity index (χ1v) is 11.7. The molecule has 0 aromatic heterocycles. The first-order chi connectivity index (χ1) is 14.9. The van der Waals surface area contributed by atoms with Crippen LogP contribution < -0.4 is 15.4 Å². The molecule has 1 aromatic carbocycles. The molecule has 0 spiro atoms. The predicted octanol–water partition coefficient (Wildman–Crippen LogP) is 2.15. The lowest BCUT2D eigenvalue weighted by atomic mass is 10.1. The van der Waals surface area contributed by atoms with E-state index in [0.29, 0.717) is 48.5 Å². The molecule has 1 aliphatic rings. The van der Waals surface area contributed by atoms with Crippen molar-refractivity contribution in [2.45, 2.75) is 49.7 Å². The molecular formula is C21H30N2O6S2. The van der Waals surface area contributed by atoms with Crippen LogP contribution in [0.15, 0.2) is 12.1 Å². The number of aliphatic hydroxyl groups is 1. The first-order valence-electron chi connectivity index (χ1n) is 10.2. The van der Waals surface area contributed by atoms with Crippen LogP contribution >= 0.6 is 24.0 Å². The van der Waals surface area contributed by atoms with Crippen molar-refractivity contribution in [2.24, 2.45) is 0 Å². The second-order valence-corrected chi connectivity index (χ2v) is 9.05. The molecule has 10 heteroatoms. The van der Waals surface area contributed by atoms with Crippen molar-refractivity contribution in [3.63, 3.8) is 0 Å². The molecule has 2 atom stereocenters. The number of esters is 1. The molecule has 2 rings (SSSR count). The van der Waals surface area contributed by atoms with Crippen LogP contribution in [0.1, 0.15) is 48.5 Å². The average Bonchev–Trinajstić information content (AvgIpc) is 2.74. The minimum absolute atomic E-state index is 0.00326. The summed E-state index contributed by atoms with van der Waals surface area (Å²) in [6.45, 7) is 2.48. The summed E-state index contributed by atoms with van der Waals surface area (Å²) in [5, 5.41) is 25.2. The van der Waals surface area contributed by atoms with E-state index in [-0.39, 0.29) is 41.4 Å². The number of phenolic OH excluding ortho intramolecular Hbond substituents is 1. The van der Waals surface area contributed by atoms with Crippen LogP contribution in [0.2, 0.25) is 0 Å². The highest BCUT2D eigenvalue weighted by molar-refractivity contribution is 7.99. The lowest BCUT2D eigenvalue weighted by Gasteiger charge is -2.26. The summed E-state index contributed by atoms with van der Waals surface area (Å²) in [7, 11) is 1.46. The highest BCUT2D eigenvalue weighted by Gasteiger charge is 2.28. The monoisotopic (exact) mass is 470 g/mol. The molecule has 1 aromatic rings. The normalized spacial score (nSPS) is 20.6. The number of cyclic esters (lactones) is 1. The number of phenols is 1. The van der Waals surface area contributed by atoms with Crippen molar-refractivity contribution in [2.75, 3.05) is 26.9 Å². The lowest BCUT2D eigenvalue weighted by Crippen LogP contribution is -2.51. The molecule has 1 aliphatic heterocycles. The Morgan fingerprint density at radius 1 is 1.42 bits per heavy atom. The SMILES string of the molecule is COc1cc(O)c2c(c1)C(=O)OCCCCC(=S)NC(C(=O)NCCCO)[C@@H](C)SC2. The number of amides is 1. The maximum Gasteiger partial charge on any atom is 0.338 e. The Labute approximate surface area is 192 Å². The standard InChI is InChI=1S/C21H30N2O6S2/c1-13-19(20(26)22-7-5-8-24)23-18(30)6-3-4-9-29-21(27)15-10-14(28-2)11-17(25)16(15)12-31-13/h10-11,13,19,24-25H,3-9,12H2,1-2H3,(H,22,26)(H,23,30)/t13-,19?/m1/s1. The summed E-state index contributed by atoms with van der Waals surface area (Å²) in [5.74, 6) is -0.142. The number of thiocarbonyl (C=S) groups is 1. The number of hydrogen-bond donors (Lipinski definition) is 4. The van der Waals surface area contributed by atoms with E-state index in [1.807, 2.05) is 6.92 Å².